The molecule has 9 heteroatoms. The lowest BCUT2D eigenvalue weighted by Gasteiger charge is -2.11. The van der Waals surface area contributed by atoms with Gasteiger partial charge in [-0.25, -0.2) is 9.78 Å². The van der Waals surface area contributed by atoms with Crippen molar-refractivity contribution in [2.45, 2.75) is 12.7 Å². The summed E-state index contributed by atoms with van der Waals surface area (Å²) in [6.07, 6.45) is -4.70. The highest BCUT2D eigenvalue weighted by Crippen LogP contribution is 2.31. The molecule has 1 aromatic carbocycles. The van der Waals surface area contributed by atoms with Gasteiger partial charge in [-0.1, -0.05) is 12.1 Å². The number of nitrogens with zero attached hydrogens (tertiary/aromatic N) is 2. The van der Waals surface area contributed by atoms with E-state index < -0.39 is 30.5 Å². The first kappa shape index (κ1) is 14.8. The highest BCUT2D eigenvalue weighted by Gasteiger charge is 2.38. The Balaban J connectivity index is 2.41. The largest absolute Gasteiger partial charge is 0.449 e. The maximum absolute atomic E-state index is 13.0. The van der Waals surface area contributed by atoms with Gasteiger partial charge < -0.3 is 9.88 Å². The second-order valence-electron chi connectivity index (χ2n) is 4.14. The van der Waals surface area contributed by atoms with Gasteiger partial charge in [0.25, 0.3) is 0 Å². The number of urea groups is 1. The molecule has 112 valence electrons. The predicted molar refractivity (Wildman–Crippen MR) is 67.3 cm³/mol. The van der Waals surface area contributed by atoms with Crippen molar-refractivity contribution in [3.8, 4) is 0 Å². The minimum absolute atomic E-state index is 0.123. The Hall–Kier alpha value is -2.58. The summed E-state index contributed by atoms with van der Waals surface area (Å²) in [4.78, 5) is 26.1. The van der Waals surface area contributed by atoms with Crippen LogP contribution in [0.3, 0.4) is 0 Å². The zero-order valence-corrected chi connectivity index (χ0v) is 10.9. The summed E-state index contributed by atoms with van der Waals surface area (Å²) in [7, 11) is 1.29. The van der Waals surface area contributed by atoms with E-state index in [-0.39, 0.29) is 11.0 Å². The third-order valence-electron chi connectivity index (χ3n) is 2.69. The van der Waals surface area contributed by atoms with E-state index in [1.54, 1.807) is 6.07 Å². The van der Waals surface area contributed by atoms with Crippen LogP contribution in [0.5, 0.6) is 0 Å². The summed E-state index contributed by atoms with van der Waals surface area (Å²) >= 11 is 0. The number of fused-ring (bicyclic) bond motifs is 1. The fourth-order valence-corrected chi connectivity index (χ4v) is 1.82. The SMILES string of the molecule is CNC(=O)NC(=O)Cn1c(C(F)(F)F)nc2ccccc21. The monoisotopic (exact) mass is 300 g/mol. The molecule has 0 radical (unpaired) electrons. The molecule has 21 heavy (non-hydrogen) atoms. The average Bonchev–Trinajstić information content (AvgIpc) is 2.77. The van der Waals surface area contributed by atoms with Crippen LogP contribution in [0.25, 0.3) is 11.0 Å². The standard InChI is InChI=1S/C12H11F3N4O2/c1-16-11(21)18-9(20)6-19-8-5-3-2-4-7(8)17-10(19)12(13,14)15/h2-5H,6H2,1H3,(H2,16,18,20,21). The van der Waals surface area contributed by atoms with Crippen LogP contribution in [0.15, 0.2) is 24.3 Å². The van der Waals surface area contributed by atoms with Crippen LogP contribution in [0.2, 0.25) is 0 Å². The fraction of sp³-hybridized carbons (Fsp3) is 0.250. The molecule has 3 amide bonds. The molecular weight excluding hydrogens is 289 g/mol. The normalized spacial score (nSPS) is 11.4. The molecule has 0 saturated carbocycles. The third kappa shape index (κ3) is 3.12. The van der Waals surface area contributed by atoms with E-state index in [4.69, 9.17) is 0 Å². The van der Waals surface area contributed by atoms with Crippen molar-refractivity contribution in [2.24, 2.45) is 0 Å². The predicted octanol–water partition coefficient (Wildman–Crippen LogP) is 1.51. The third-order valence-corrected chi connectivity index (χ3v) is 2.69. The van der Waals surface area contributed by atoms with E-state index in [0.717, 1.165) is 4.57 Å². The van der Waals surface area contributed by atoms with Gasteiger partial charge in [-0.3, -0.25) is 10.1 Å². The summed E-state index contributed by atoms with van der Waals surface area (Å²) < 4.78 is 39.6. The van der Waals surface area contributed by atoms with Crippen molar-refractivity contribution >= 4 is 23.0 Å². The van der Waals surface area contributed by atoms with Crippen molar-refractivity contribution in [2.75, 3.05) is 7.05 Å². The molecule has 0 atom stereocenters. The lowest BCUT2D eigenvalue weighted by Crippen LogP contribution is -2.39. The number of nitrogens with one attached hydrogen (secondary N) is 2. The van der Waals surface area contributed by atoms with E-state index in [2.05, 4.69) is 10.3 Å². The number of hydrogen-bond acceptors (Lipinski definition) is 3. The fourth-order valence-electron chi connectivity index (χ4n) is 1.82. The average molecular weight is 300 g/mol. The number of imide groups is 1. The summed E-state index contributed by atoms with van der Waals surface area (Å²) in [6.45, 7) is -0.664. The summed E-state index contributed by atoms with van der Waals surface area (Å²) in [5, 5.41) is 4.05. The molecular formula is C12H11F3N4O2. The molecule has 0 spiro atoms. The molecule has 2 N–H and O–H groups in total. The number of carbonyl (C=O) groups is 2. The molecule has 1 heterocycles. The molecule has 0 aliphatic rings. The van der Waals surface area contributed by atoms with E-state index in [9.17, 15) is 22.8 Å². The van der Waals surface area contributed by atoms with Crippen LogP contribution in [-0.2, 0) is 17.5 Å². The first-order chi connectivity index (χ1) is 9.82. The molecule has 2 aromatic rings. The Morgan fingerprint density at radius 3 is 2.57 bits per heavy atom. The van der Waals surface area contributed by atoms with Crippen LogP contribution < -0.4 is 10.6 Å². The Labute approximate surface area is 116 Å². The van der Waals surface area contributed by atoms with Crippen LogP contribution >= 0.6 is 0 Å². The Bertz CT molecular complexity index is 693. The zero-order valence-electron chi connectivity index (χ0n) is 10.9. The lowest BCUT2D eigenvalue weighted by molar-refractivity contribution is -0.147. The number of para-hydroxylation sites is 2. The van der Waals surface area contributed by atoms with E-state index in [1.165, 1.54) is 25.2 Å². The molecule has 0 aliphatic heterocycles. The molecule has 1 aromatic heterocycles. The van der Waals surface area contributed by atoms with Gasteiger partial charge in [-0.2, -0.15) is 13.2 Å². The van der Waals surface area contributed by atoms with Crippen molar-refractivity contribution in [1.82, 2.24) is 20.2 Å². The maximum Gasteiger partial charge on any atom is 0.449 e. The molecule has 0 saturated heterocycles. The van der Waals surface area contributed by atoms with Gasteiger partial charge in [0, 0.05) is 7.05 Å². The topological polar surface area (TPSA) is 76.0 Å². The highest BCUT2D eigenvalue weighted by atomic mass is 19.4. The van der Waals surface area contributed by atoms with Gasteiger partial charge in [-0.05, 0) is 12.1 Å². The van der Waals surface area contributed by atoms with Crippen molar-refractivity contribution < 1.29 is 22.8 Å². The van der Waals surface area contributed by atoms with Crippen LogP contribution in [0, 0.1) is 0 Å². The summed E-state index contributed by atoms with van der Waals surface area (Å²) in [5.74, 6) is -2.06. The first-order valence-corrected chi connectivity index (χ1v) is 5.87. The number of hydrogen-bond donors (Lipinski definition) is 2. The molecule has 0 aliphatic carbocycles. The number of carbonyl (C=O) groups excluding carboxylic acids is 2. The molecule has 2 rings (SSSR count). The number of benzene rings is 1. The smallest absolute Gasteiger partial charge is 0.341 e. The number of aromatic nitrogens is 2. The Morgan fingerprint density at radius 2 is 1.95 bits per heavy atom. The molecule has 0 bridgehead atoms. The second kappa shape index (κ2) is 5.43. The van der Waals surface area contributed by atoms with Crippen molar-refractivity contribution in [1.29, 1.82) is 0 Å². The van der Waals surface area contributed by atoms with Gasteiger partial charge in [0.2, 0.25) is 11.7 Å². The second-order valence-corrected chi connectivity index (χ2v) is 4.14. The van der Waals surface area contributed by atoms with Crippen LogP contribution in [0.1, 0.15) is 5.82 Å². The number of amides is 3. The van der Waals surface area contributed by atoms with E-state index in [1.807, 2.05) is 5.32 Å². The van der Waals surface area contributed by atoms with Gasteiger partial charge >= 0.3 is 12.2 Å². The Morgan fingerprint density at radius 1 is 1.29 bits per heavy atom. The number of alkyl halides is 3. The lowest BCUT2D eigenvalue weighted by atomic mass is 10.3. The number of rotatable bonds is 2. The number of halogens is 3. The summed E-state index contributed by atoms with van der Waals surface area (Å²) in [5.41, 5.74) is 0.287. The van der Waals surface area contributed by atoms with Gasteiger partial charge in [0.1, 0.15) is 6.54 Å². The first-order valence-electron chi connectivity index (χ1n) is 5.87. The molecule has 0 fully saturated rings. The van der Waals surface area contributed by atoms with Crippen molar-refractivity contribution in [3.63, 3.8) is 0 Å². The van der Waals surface area contributed by atoms with Crippen LogP contribution in [-0.4, -0.2) is 28.5 Å². The van der Waals surface area contributed by atoms with E-state index in [0.29, 0.717) is 0 Å². The minimum atomic E-state index is -4.70. The number of imidazole rings is 1. The van der Waals surface area contributed by atoms with Gasteiger partial charge in [0.05, 0.1) is 11.0 Å². The van der Waals surface area contributed by atoms with Crippen molar-refractivity contribution in [3.05, 3.63) is 30.1 Å². The van der Waals surface area contributed by atoms with Gasteiger partial charge in [-0.15, -0.1) is 0 Å². The molecule has 0 unspecified atom stereocenters. The Kier molecular flexibility index (Phi) is 3.83. The molecule has 6 nitrogen and oxygen atoms in total. The van der Waals surface area contributed by atoms with Crippen LogP contribution in [0.4, 0.5) is 18.0 Å². The zero-order chi connectivity index (χ0) is 15.6. The van der Waals surface area contributed by atoms with Gasteiger partial charge in [0.15, 0.2) is 0 Å². The minimum Gasteiger partial charge on any atom is -0.341 e. The maximum atomic E-state index is 13.0. The quantitative estimate of drug-likeness (QED) is 0.882. The van der Waals surface area contributed by atoms with E-state index >= 15 is 0 Å². The highest BCUT2D eigenvalue weighted by molar-refractivity contribution is 5.94. The summed E-state index contributed by atoms with van der Waals surface area (Å²) in [6, 6.07) is 5.13.